The average molecular weight is 389 g/mol. The van der Waals surface area contributed by atoms with Gasteiger partial charge in [-0.3, -0.25) is 4.98 Å². The fourth-order valence-electron chi connectivity index (χ4n) is 3.49. The Labute approximate surface area is 167 Å². The Bertz CT molecular complexity index is 817. The molecule has 0 aliphatic heterocycles. The molecule has 0 saturated carbocycles. The molecule has 0 aliphatic rings. The summed E-state index contributed by atoms with van der Waals surface area (Å²) in [6, 6.07) is 19.0. The molecule has 4 heteroatoms. The van der Waals surface area contributed by atoms with Crippen molar-refractivity contribution in [3.05, 3.63) is 76.9 Å². The number of aromatic nitrogens is 1. The molecule has 0 spiro atoms. The van der Waals surface area contributed by atoms with Gasteiger partial charge in [-0.2, -0.15) is 0 Å². The fraction of sp³-hybridized carbons (Fsp3) is 0.318. The topological polar surface area (TPSA) is 16.1 Å². The number of nitrogens with zero attached hydrogens (tertiary/aromatic N) is 2. The first-order valence-electron chi connectivity index (χ1n) is 9.04. The monoisotopic (exact) mass is 388 g/mol. The lowest BCUT2D eigenvalue weighted by molar-refractivity contribution is 0.295. The maximum Gasteiger partial charge on any atom is 0.0719 e. The second-order valence-electron chi connectivity index (χ2n) is 6.34. The highest BCUT2D eigenvalue weighted by atomic mass is 35.5. The van der Waals surface area contributed by atoms with E-state index in [1.165, 1.54) is 16.5 Å². The molecule has 3 aromatic rings. The van der Waals surface area contributed by atoms with Crippen molar-refractivity contribution in [2.45, 2.75) is 26.2 Å². The van der Waals surface area contributed by atoms with Crippen LogP contribution < -0.4 is 0 Å². The van der Waals surface area contributed by atoms with Gasteiger partial charge in [-0.1, -0.05) is 61.8 Å². The van der Waals surface area contributed by atoms with Crippen molar-refractivity contribution in [2.75, 3.05) is 19.6 Å². The average Bonchev–Trinajstić information content (AvgIpc) is 2.65. The summed E-state index contributed by atoms with van der Waals surface area (Å²) in [5.74, 6) is 0.355. The number of benzene rings is 2. The molecule has 2 nitrogen and oxygen atoms in total. The second kappa shape index (κ2) is 9.91. The van der Waals surface area contributed by atoms with E-state index in [1.807, 2.05) is 18.3 Å². The van der Waals surface area contributed by atoms with Crippen LogP contribution in [0.1, 0.15) is 37.3 Å². The van der Waals surface area contributed by atoms with Gasteiger partial charge in [0.15, 0.2) is 0 Å². The minimum Gasteiger partial charge on any atom is -0.304 e. The van der Waals surface area contributed by atoms with Crippen LogP contribution in [0.2, 0.25) is 5.02 Å². The number of hydrogen-bond acceptors (Lipinski definition) is 2. The first kappa shape index (κ1) is 20.7. The molecule has 1 heterocycles. The zero-order chi connectivity index (χ0) is 17.6. The molecule has 138 valence electrons. The molecule has 0 bridgehead atoms. The molecule has 0 amide bonds. The van der Waals surface area contributed by atoms with Gasteiger partial charge in [-0.05, 0) is 55.4 Å². The lowest BCUT2D eigenvalue weighted by Crippen LogP contribution is -2.25. The van der Waals surface area contributed by atoms with Gasteiger partial charge >= 0.3 is 0 Å². The van der Waals surface area contributed by atoms with Gasteiger partial charge in [-0.15, -0.1) is 12.4 Å². The largest absolute Gasteiger partial charge is 0.304 e. The van der Waals surface area contributed by atoms with Crippen LogP contribution in [0.15, 0.2) is 60.8 Å². The predicted molar refractivity (Wildman–Crippen MR) is 115 cm³/mol. The van der Waals surface area contributed by atoms with Gasteiger partial charge in [-0.25, -0.2) is 0 Å². The van der Waals surface area contributed by atoms with Gasteiger partial charge in [0.2, 0.25) is 0 Å². The predicted octanol–water partition coefficient (Wildman–Crippen LogP) is 6.17. The Morgan fingerprint density at radius 3 is 2.42 bits per heavy atom. The SMILES string of the molecule is CCN(CC)CCC(c1ccccc1)c1ccnc2cc(Cl)ccc12.Cl. The van der Waals surface area contributed by atoms with Crippen LogP contribution in [0.3, 0.4) is 0 Å². The number of hydrogen-bond donors (Lipinski definition) is 0. The van der Waals surface area contributed by atoms with E-state index in [-0.39, 0.29) is 12.4 Å². The minimum atomic E-state index is 0. The summed E-state index contributed by atoms with van der Waals surface area (Å²) in [5.41, 5.74) is 3.66. The Morgan fingerprint density at radius 2 is 1.73 bits per heavy atom. The van der Waals surface area contributed by atoms with Crippen LogP contribution >= 0.6 is 24.0 Å². The van der Waals surface area contributed by atoms with E-state index in [0.29, 0.717) is 5.92 Å². The summed E-state index contributed by atoms with van der Waals surface area (Å²) in [5, 5.41) is 1.93. The Kier molecular flexibility index (Phi) is 7.89. The molecular formula is C22H26Cl2N2. The molecule has 1 atom stereocenters. The third-order valence-corrected chi connectivity index (χ3v) is 5.18. The van der Waals surface area contributed by atoms with Gasteiger partial charge in [0.25, 0.3) is 0 Å². The van der Waals surface area contributed by atoms with Crippen molar-refractivity contribution in [3.63, 3.8) is 0 Å². The zero-order valence-corrected chi connectivity index (χ0v) is 16.9. The van der Waals surface area contributed by atoms with Gasteiger partial charge in [0, 0.05) is 22.5 Å². The normalized spacial score (nSPS) is 12.2. The van der Waals surface area contributed by atoms with E-state index in [1.54, 1.807) is 0 Å². The molecule has 26 heavy (non-hydrogen) atoms. The Hall–Kier alpha value is -1.61. The van der Waals surface area contributed by atoms with E-state index >= 15 is 0 Å². The molecular weight excluding hydrogens is 363 g/mol. The number of pyridine rings is 1. The number of rotatable bonds is 7. The molecule has 2 aromatic carbocycles. The maximum absolute atomic E-state index is 6.16. The quantitative estimate of drug-likeness (QED) is 0.480. The third kappa shape index (κ3) is 4.76. The molecule has 0 radical (unpaired) electrons. The highest BCUT2D eigenvalue weighted by Gasteiger charge is 2.18. The first-order chi connectivity index (χ1) is 12.2. The minimum absolute atomic E-state index is 0. The Morgan fingerprint density at radius 1 is 1.00 bits per heavy atom. The van der Waals surface area contributed by atoms with E-state index < -0.39 is 0 Å². The van der Waals surface area contributed by atoms with Crippen molar-refractivity contribution in [3.8, 4) is 0 Å². The summed E-state index contributed by atoms with van der Waals surface area (Å²) >= 11 is 6.16. The third-order valence-electron chi connectivity index (χ3n) is 4.94. The first-order valence-corrected chi connectivity index (χ1v) is 9.42. The summed E-state index contributed by atoms with van der Waals surface area (Å²) in [6.07, 6.45) is 2.99. The van der Waals surface area contributed by atoms with E-state index in [2.05, 4.69) is 66.2 Å². The smallest absolute Gasteiger partial charge is 0.0719 e. The molecule has 0 fully saturated rings. The van der Waals surface area contributed by atoms with Crippen molar-refractivity contribution < 1.29 is 0 Å². The van der Waals surface area contributed by atoms with Crippen LogP contribution in [-0.2, 0) is 0 Å². The van der Waals surface area contributed by atoms with Crippen molar-refractivity contribution in [2.24, 2.45) is 0 Å². The molecule has 1 unspecified atom stereocenters. The van der Waals surface area contributed by atoms with E-state index in [0.717, 1.165) is 36.6 Å². The summed E-state index contributed by atoms with van der Waals surface area (Å²) in [7, 11) is 0. The number of fused-ring (bicyclic) bond motifs is 1. The highest BCUT2D eigenvalue weighted by Crippen LogP contribution is 2.33. The lowest BCUT2D eigenvalue weighted by Gasteiger charge is -2.24. The van der Waals surface area contributed by atoms with Crippen molar-refractivity contribution in [1.82, 2.24) is 9.88 Å². The highest BCUT2D eigenvalue weighted by molar-refractivity contribution is 6.31. The van der Waals surface area contributed by atoms with E-state index in [9.17, 15) is 0 Å². The van der Waals surface area contributed by atoms with Gasteiger partial charge < -0.3 is 4.90 Å². The van der Waals surface area contributed by atoms with Gasteiger partial charge in [0.05, 0.1) is 5.52 Å². The standard InChI is InChI=1S/C22H25ClN2.ClH/c1-3-25(4-2)15-13-19(17-8-6-5-7-9-17)20-12-14-24-22-16-18(23)10-11-21(20)22;/h5-12,14,16,19H,3-4,13,15H2,1-2H3;1H. The zero-order valence-electron chi connectivity index (χ0n) is 15.4. The molecule has 0 N–H and O–H groups in total. The van der Waals surface area contributed by atoms with Crippen LogP contribution in [0.4, 0.5) is 0 Å². The molecule has 0 aliphatic carbocycles. The second-order valence-corrected chi connectivity index (χ2v) is 6.78. The van der Waals surface area contributed by atoms with Crippen LogP contribution in [0.25, 0.3) is 10.9 Å². The fourth-order valence-corrected chi connectivity index (χ4v) is 3.65. The van der Waals surface area contributed by atoms with Crippen molar-refractivity contribution in [1.29, 1.82) is 0 Å². The van der Waals surface area contributed by atoms with Gasteiger partial charge in [0.1, 0.15) is 0 Å². The summed E-state index contributed by atoms with van der Waals surface area (Å²) in [4.78, 5) is 6.99. The van der Waals surface area contributed by atoms with Crippen LogP contribution in [0, 0.1) is 0 Å². The summed E-state index contributed by atoms with van der Waals surface area (Å²) in [6.45, 7) is 7.72. The molecule has 1 aromatic heterocycles. The number of halogens is 2. The molecule has 0 saturated heterocycles. The maximum atomic E-state index is 6.16. The van der Waals surface area contributed by atoms with Crippen molar-refractivity contribution >= 4 is 34.9 Å². The summed E-state index contributed by atoms with van der Waals surface area (Å²) < 4.78 is 0. The van der Waals surface area contributed by atoms with Crippen LogP contribution in [-0.4, -0.2) is 29.5 Å². The molecule has 3 rings (SSSR count). The van der Waals surface area contributed by atoms with Crippen LogP contribution in [0.5, 0.6) is 0 Å². The Balaban J connectivity index is 0.00000243. The lowest BCUT2D eigenvalue weighted by atomic mass is 9.86. The van der Waals surface area contributed by atoms with E-state index in [4.69, 9.17) is 11.6 Å².